The van der Waals surface area contributed by atoms with E-state index in [-0.39, 0.29) is 18.1 Å². The fraction of sp³-hybridized carbons (Fsp3) is 0.227. The normalized spacial score (nSPS) is 10.8. The van der Waals surface area contributed by atoms with Crippen LogP contribution in [0.15, 0.2) is 56.7 Å². The van der Waals surface area contributed by atoms with Gasteiger partial charge in [0.25, 0.3) is 5.69 Å². The Morgan fingerprint density at radius 3 is 2.76 bits per heavy atom. The lowest BCUT2D eigenvalue weighted by molar-refractivity contribution is -0.384. The minimum absolute atomic E-state index is 0.0608. The van der Waals surface area contributed by atoms with E-state index in [1.54, 1.807) is 44.7 Å². The van der Waals surface area contributed by atoms with Crippen molar-refractivity contribution in [1.29, 1.82) is 0 Å². The number of nitro benzene ring substituents is 1. The number of hydrogen-bond acceptors (Lipinski definition) is 11. The number of nitro groups is 1. The van der Waals surface area contributed by atoms with Crippen molar-refractivity contribution >= 4 is 46.1 Å². The Kier molecular flexibility index (Phi) is 8.82. The van der Waals surface area contributed by atoms with Gasteiger partial charge < -0.3 is 14.2 Å². The third-order valence-electron chi connectivity index (χ3n) is 4.34. The lowest BCUT2D eigenvalue weighted by atomic mass is 10.2. The molecule has 34 heavy (non-hydrogen) atoms. The smallest absolute Gasteiger partial charge is 0.311 e. The Hall–Kier alpha value is -3.64. The van der Waals surface area contributed by atoms with Crippen LogP contribution in [-0.2, 0) is 16.0 Å². The zero-order valence-corrected chi connectivity index (χ0v) is 20.3. The van der Waals surface area contributed by atoms with Crippen LogP contribution in [0.4, 0.5) is 10.8 Å². The summed E-state index contributed by atoms with van der Waals surface area (Å²) in [5.41, 5.74) is 3.83. The molecule has 0 spiro atoms. The summed E-state index contributed by atoms with van der Waals surface area (Å²) in [6.45, 7) is 2.05. The average molecular weight is 503 g/mol. The van der Waals surface area contributed by atoms with Crippen LogP contribution in [0.25, 0.3) is 0 Å². The molecule has 12 heteroatoms. The molecule has 0 saturated heterocycles. The highest BCUT2D eigenvalue weighted by molar-refractivity contribution is 7.99. The molecule has 0 aliphatic rings. The number of rotatable bonds is 11. The number of hydrogen-bond donors (Lipinski definition) is 1. The van der Waals surface area contributed by atoms with Gasteiger partial charge in [0.05, 0.1) is 49.0 Å². The number of hydrazone groups is 1. The van der Waals surface area contributed by atoms with Gasteiger partial charge in [0, 0.05) is 28.0 Å². The Bertz CT molecular complexity index is 1200. The minimum atomic E-state index is -0.464. The maximum absolute atomic E-state index is 11.6. The molecule has 0 unspecified atom stereocenters. The Balaban J connectivity index is 1.81. The number of anilines is 1. The van der Waals surface area contributed by atoms with E-state index in [0.717, 1.165) is 9.79 Å². The first-order valence-electron chi connectivity index (χ1n) is 10.0. The third-order valence-corrected chi connectivity index (χ3v) is 6.27. The number of carbonyl (C=O) groups excluding carboxylic acids is 1. The summed E-state index contributed by atoms with van der Waals surface area (Å²) in [5, 5.41) is 17.7. The number of carbonyl (C=O) groups is 1. The number of esters is 1. The van der Waals surface area contributed by atoms with Gasteiger partial charge in [-0.15, -0.1) is 11.3 Å². The minimum Gasteiger partial charge on any atom is -0.497 e. The van der Waals surface area contributed by atoms with Crippen LogP contribution < -0.4 is 14.9 Å². The number of ether oxygens (including phenoxy) is 3. The van der Waals surface area contributed by atoms with Gasteiger partial charge in [0.2, 0.25) is 5.13 Å². The van der Waals surface area contributed by atoms with E-state index < -0.39 is 4.92 Å². The van der Waals surface area contributed by atoms with Gasteiger partial charge in [-0.25, -0.2) is 4.98 Å². The van der Waals surface area contributed by atoms with Crippen LogP contribution in [0.1, 0.15) is 18.2 Å². The molecule has 0 amide bonds. The highest BCUT2D eigenvalue weighted by Crippen LogP contribution is 2.39. The van der Waals surface area contributed by atoms with Gasteiger partial charge in [0.15, 0.2) is 0 Å². The predicted molar refractivity (Wildman–Crippen MR) is 130 cm³/mol. The molecular formula is C22H22N4O6S2. The monoisotopic (exact) mass is 502 g/mol. The molecule has 0 bridgehead atoms. The fourth-order valence-electron chi connectivity index (χ4n) is 2.78. The Morgan fingerprint density at radius 1 is 1.24 bits per heavy atom. The van der Waals surface area contributed by atoms with Crippen LogP contribution in [0.3, 0.4) is 0 Å². The summed E-state index contributed by atoms with van der Waals surface area (Å²) in [6, 6.07) is 9.93. The average Bonchev–Trinajstić information content (AvgIpc) is 3.26. The number of nitrogens with one attached hydrogen (secondary N) is 1. The Morgan fingerprint density at radius 2 is 2.06 bits per heavy atom. The van der Waals surface area contributed by atoms with Crippen LogP contribution in [0, 0.1) is 10.1 Å². The number of methoxy groups -OCH3 is 2. The van der Waals surface area contributed by atoms with Crippen LogP contribution in [-0.4, -0.2) is 42.9 Å². The van der Waals surface area contributed by atoms with Crippen molar-refractivity contribution in [1.82, 2.24) is 4.98 Å². The summed E-state index contributed by atoms with van der Waals surface area (Å²) >= 11 is 2.65. The van der Waals surface area contributed by atoms with E-state index in [4.69, 9.17) is 14.2 Å². The lowest BCUT2D eigenvalue weighted by Crippen LogP contribution is -2.07. The molecule has 178 valence electrons. The highest BCUT2D eigenvalue weighted by atomic mass is 32.2. The molecule has 1 aromatic heterocycles. The molecule has 2 aromatic carbocycles. The number of thiazole rings is 1. The quantitative estimate of drug-likeness (QED) is 0.171. The number of aromatic nitrogens is 1. The topological polar surface area (TPSA) is 125 Å². The van der Waals surface area contributed by atoms with Gasteiger partial charge >= 0.3 is 5.97 Å². The second-order valence-electron chi connectivity index (χ2n) is 6.59. The van der Waals surface area contributed by atoms with Gasteiger partial charge in [-0.2, -0.15) is 5.10 Å². The molecule has 0 aliphatic carbocycles. The molecule has 0 fully saturated rings. The summed E-state index contributed by atoms with van der Waals surface area (Å²) in [6.07, 6.45) is 1.55. The molecule has 1 heterocycles. The molecule has 0 saturated carbocycles. The van der Waals surface area contributed by atoms with Crippen molar-refractivity contribution in [3.05, 3.63) is 63.1 Å². The summed E-state index contributed by atoms with van der Waals surface area (Å²) in [7, 11) is 3.14. The van der Waals surface area contributed by atoms with Crippen molar-refractivity contribution in [3.63, 3.8) is 0 Å². The number of nitrogens with zero attached hydrogens (tertiary/aromatic N) is 3. The van der Waals surface area contributed by atoms with E-state index in [1.165, 1.54) is 41.4 Å². The van der Waals surface area contributed by atoms with E-state index in [0.29, 0.717) is 34.5 Å². The first kappa shape index (κ1) is 25.0. The third kappa shape index (κ3) is 6.68. The van der Waals surface area contributed by atoms with Crippen LogP contribution >= 0.6 is 23.1 Å². The van der Waals surface area contributed by atoms with E-state index in [1.807, 2.05) is 6.07 Å². The zero-order chi connectivity index (χ0) is 24.5. The predicted octanol–water partition coefficient (Wildman–Crippen LogP) is 4.77. The lowest BCUT2D eigenvalue weighted by Gasteiger charge is -2.11. The van der Waals surface area contributed by atoms with Gasteiger partial charge in [0.1, 0.15) is 11.5 Å². The fourth-order valence-corrected chi connectivity index (χ4v) is 4.47. The molecule has 3 aromatic rings. The zero-order valence-electron chi connectivity index (χ0n) is 18.6. The maximum Gasteiger partial charge on any atom is 0.311 e. The SMILES string of the molecule is CCOC(=O)Cc1csc(NN=Cc2cc([N+](=O)[O-])ccc2Sc2cc(OC)ccc2OC)n1. The second-order valence-corrected chi connectivity index (χ2v) is 8.54. The molecule has 10 nitrogen and oxygen atoms in total. The van der Waals surface area contributed by atoms with Crippen molar-refractivity contribution in [3.8, 4) is 11.5 Å². The summed E-state index contributed by atoms with van der Waals surface area (Å²) in [4.78, 5) is 28.2. The second kappa shape index (κ2) is 12.0. The largest absolute Gasteiger partial charge is 0.497 e. The van der Waals surface area contributed by atoms with E-state index in [2.05, 4.69) is 15.5 Å². The van der Waals surface area contributed by atoms with Crippen molar-refractivity contribution in [2.24, 2.45) is 5.10 Å². The van der Waals surface area contributed by atoms with Gasteiger partial charge in [-0.1, -0.05) is 11.8 Å². The van der Waals surface area contributed by atoms with Crippen molar-refractivity contribution in [2.45, 2.75) is 23.1 Å². The van der Waals surface area contributed by atoms with Gasteiger partial charge in [-0.3, -0.25) is 20.3 Å². The maximum atomic E-state index is 11.6. The van der Waals surface area contributed by atoms with Gasteiger partial charge in [-0.05, 0) is 31.2 Å². The Labute approximate surface area is 204 Å². The highest BCUT2D eigenvalue weighted by Gasteiger charge is 2.14. The van der Waals surface area contributed by atoms with Crippen LogP contribution in [0.2, 0.25) is 0 Å². The van der Waals surface area contributed by atoms with Crippen molar-refractivity contribution < 1.29 is 23.9 Å². The van der Waals surface area contributed by atoms with E-state index >= 15 is 0 Å². The first-order valence-corrected chi connectivity index (χ1v) is 11.7. The van der Waals surface area contributed by atoms with E-state index in [9.17, 15) is 14.9 Å². The summed E-state index contributed by atoms with van der Waals surface area (Å²) in [5.74, 6) is 0.945. The van der Waals surface area contributed by atoms with Crippen LogP contribution in [0.5, 0.6) is 11.5 Å². The molecule has 0 atom stereocenters. The molecule has 0 aliphatic heterocycles. The molecule has 0 radical (unpaired) electrons. The molecule has 3 rings (SSSR count). The van der Waals surface area contributed by atoms with Crippen molar-refractivity contribution in [2.75, 3.05) is 26.3 Å². The number of benzene rings is 2. The summed E-state index contributed by atoms with van der Waals surface area (Å²) < 4.78 is 15.6. The standard InChI is InChI=1S/C22H22N4O6S2/c1-4-32-21(27)10-15-13-33-22(24-15)25-23-12-14-9-16(26(28)29)5-8-19(14)34-20-11-17(30-2)6-7-18(20)31-3/h5-9,11-13H,4,10H2,1-3H3,(H,24,25). The molecular weight excluding hydrogens is 480 g/mol. The first-order chi connectivity index (χ1) is 16.4. The number of non-ortho nitro benzene ring substituents is 1. The molecule has 1 N–H and O–H groups in total.